The van der Waals surface area contributed by atoms with Gasteiger partial charge in [-0.3, -0.25) is 9.59 Å². The average molecular weight is 341 g/mol. The Balaban J connectivity index is 3.35. The number of aliphatic carboxylic acids is 1. The number of hydrogen-bond acceptors (Lipinski definition) is 5. The number of carbonyl (C=O) groups is 2. The smallest absolute Gasteiger partial charge is 0.325 e. The molecule has 0 bridgehead atoms. The molecule has 8 nitrogen and oxygen atoms in total. The Morgan fingerprint density at radius 2 is 2.09 bits per heavy atom. The van der Waals surface area contributed by atoms with Crippen molar-refractivity contribution in [2.75, 3.05) is 18.5 Å². The summed E-state index contributed by atoms with van der Waals surface area (Å²) >= 11 is 0. The number of rotatable bonds is 7. The maximum Gasteiger partial charge on any atom is 0.325 e. The van der Waals surface area contributed by atoms with E-state index in [9.17, 15) is 18.0 Å². The van der Waals surface area contributed by atoms with Crippen molar-refractivity contribution in [2.24, 2.45) is 5.14 Å². The Hall–Kier alpha value is -2.39. The minimum atomic E-state index is -3.99. The molecule has 0 unspecified atom stereocenters. The number of amides is 1. The summed E-state index contributed by atoms with van der Waals surface area (Å²) in [5.41, 5.74) is 0.432. The minimum Gasteiger partial charge on any atom is -0.480 e. The Morgan fingerprint density at radius 1 is 1.48 bits per heavy atom. The molecule has 0 fully saturated rings. The molecule has 0 heterocycles. The molecule has 4 N–H and O–H groups in total. The second kappa shape index (κ2) is 7.25. The molecule has 0 saturated carbocycles. The van der Waals surface area contributed by atoms with Crippen LogP contribution in [-0.2, 0) is 14.8 Å². The quantitative estimate of drug-likeness (QED) is 0.606. The van der Waals surface area contributed by atoms with Gasteiger partial charge in [0.05, 0.1) is 10.5 Å². The van der Waals surface area contributed by atoms with Crippen LogP contribution in [0.3, 0.4) is 0 Å². The maximum absolute atomic E-state index is 12.3. The number of carboxylic acids is 1. The number of anilines is 1. The van der Waals surface area contributed by atoms with Gasteiger partial charge in [-0.05, 0) is 25.1 Å². The van der Waals surface area contributed by atoms with Crippen LogP contribution in [0, 0.1) is 0 Å². The van der Waals surface area contributed by atoms with E-state index in [0.29, 0.717) is 12.2 Å². The van der Waals surface area contributed by atoms with Crippen molar-refractivity contribution < 1.29 is 23.1 Å². The second-order valence-electron chi connectivity index (χ2n) is 4.93. The molecule has 1 rings (SSSR count). The van der Waals surface area contributed by atoms with E-state index in [1.807, 2.05) is 0 Å². The van der Waals surface area contributed by atoms with Crippen LogP contribution >= 0.6 is 0 Å². The van der Waals surface area contributed by atoms with E-state index in [1.54, 1.807) is 18.0 Å². The van der Waals surface area contributed by atoms with Crippen LogP contribution in [0.2, 0.25) is 0 Å². The number of nitrogens with zero attached hydrogens (tertiary/aromatic N) is 1. The lowest BCUT2D eigenvalue weighted by Gasteiger charge is -2.21. The predicted molar refractivity (Wildman–Crippen MR) is 85.8 cm³/mol. The van der Waals surface area contributed by atoms with Crippen LogP contribution in [0.15, 0.2) is 35.7 Å². The van der Waals surface area contributed by atoms with Gasteiger partial charge in [0, 0.05) is 19.3 Å². The van der Waals surface area contributed by atoms with Crippen molar-refractivity contribution in [3.05, 3.63) is 36.4 Å². The first-order valence-corrected chi connectivity index (χ1v) is 8.15. The molecule has 9 heteroatoms. The van der Waals surface area contributed by atoms with E-state index in [0.717, 1.165) is 6.07 Å². The van der Waals surface area contributed by atoms with E-state index >= 15 is 0 Å². The lowest BCUT2D eigenvalue weighted by molar-refractivity contribution is -0.138. The highest BCUT2D eigenvalue weighted by Crippen LogP contribution is 2.23. The van der Waals surface area contributed by atoms with Crippen LogP contribution in [0.25, 0.3) is 0 Å². The van der Waals surface area contributed by atoms with Gasteiger partial charge in [-0.2, -0.15) is 0 Å². The number of sulfonamides is 1. The summed E-state index contributed by atoms with van der Waals surface area (Å²) < 4.78 is 22.9. The van der Waals surface area contributed by atoms with Crippen LogP contribution in [0.1, 0.15) is 17.3 Å². The maximum atomic E-state index is 12.3. The third-order valence-corrected chi connectivity index (χ3v) is 3.98. The Morgan fingerprint density at radius 3 is 2.57 bits per heavy atom. The first-order chi connectivity index (χ1) is 10.6. The zero-order valence-electron chi connectivity index (χ0n) is 12.8. The molecule has 126 valence electrons. The molecule has 0 spiro atoms. The van der Waals surface area contributed by atoms with Crippen molar-refractivity contribution in [3.63, 3.8) is 0 Å². The topological polar surface area (TPSA) is 130 Å². The minimum absolute atomic E-state index is 0.00831. The molecule has 0 aromatic heterocycles. The summed E-state index contributed by atoms with van der Waals surface area (Å²) in [5.74, 6) is -1.92. The van der Waals surface area contributed by atoms with Crippen molar-refractivity contribution in [2.45, 2.75) is 17.9 Å². The van der Waals surface area contributed by atoms with E-state index < -0.39 is 27.9 Å². The van der Waals surface area contributed by atoms with Crippen LogP contribution in [-0.4, -0.2) is 45.0 Å². The van der Waals surface area contributed by atoms with Gasteiger partial charge < -0.3 is 15.3 Å². The molecule has 0 aliphatic carbocycles. The number of likely N-dealkylation sites (N-methyl/N-ethyl adjacent to an activating group) is 1. The van der Waals surface area contributed by atoms with Crippen molar-refractivity contribution in [3.8, 4) is 0 Å². The van der Waals surface area contributed by atoms with Crippen molar-refractivity contribution >= 4 is 27.6 Å². The highest BCUT2D eigenvalue weighted by molar-refractivity contribution is 7.89. The van der Waals surface area contributed by atoms with E-state index in [-0.39, 0.29) is 10.5 Å². The van der Waals surface area contributed by atoms with E-state index in [4.69, 9.17) is 10.2 Å². The number of nitrogens with one attached hydrogen (secondary N) is 1. The molecule has 1 atom stereocenters. The summed E-state index contributed by atoms with van der Waals surface area (Å²) in [6, 6.07) is 2.71. The summed E-state index contributed by atoms with van der Waals surface area (Å²) in [5, 5.41) is 16.2. The molecule has 0 radical (unpaired) electrons. The number of hydrogen-bond donors (Lipinski definition) is 3. The van der Waals surface area contributed by atoms with Gasteiger partial charge in [0.15, 0.2) is 0 Å². The number of carbonyl (C=O) groups excluding carboxylic acids is 1. The molecular formula is C14H19N3O5S. The van der Waals surface area contributed by atoms with Crippen molar-refractivity contribution in [1.29, 1.82) is 0 Å². The Bertz CT molecular complexity index is 730. The highest BCUT2D eigenvalue weighted by Gasteiger charge is 2.21. The summed E-state index contributed by atoms with van der Waals surface area (Å²) in [4.78, 5) is 24.6. The normalized spacial score (nSPS) is 12.3. The fourth-order valence-electron chi connectivity index (χ4n) is 1.83. The summed E-state index contributed by atoms with van der Waals surface area (Å²) in [6.07, 6.45) is 1.61. The molecule has 1 aromatic carbocycles. The predicted octanol–water partition coefficient (Wildman–Crippen LogP) is 0.159. The van der Waals surface area contributed by atoms with Gasteiger partial charge in [-0.25, -0.2) is 13.6 Å². The Labute approximate surface area is 134 Å². The molecule has 1 aromatic rings. The first kappa shape index (κ1) is 18.7. The fraction of sp³-hybridized carbons (Fsp3) is 0.286. The fourth-order valence-corrected chi connectivity index (χ4v) is 2.37. The van der Waals surface area contributed by atoms with Gasteiger partial charge in [-0.1, -0.05) is 6.08 Å². The van der Waals surface area contributed by atoms with Gasteiger partial charge in [0.1, 0.15) is 6.04 Å². The Kier molecular flexibility index (Phi) is 5.88. The molecule has 0 aliphatic rings. The monoisotopic (exact) mass is 341 g/mol. The van der Waals surface area contributed by atoms with Gasteiger partial charge in [-0.15, -0.1) is 6.58 Å². The molecule has 0 aliphatic heterocycles. The zero-order valence-corrected chi connectivity index (χ0v) is 13.6. The lowest BCUT2D eigenvalue weighted by Crippen LogP contribution is -2.39. The third-order valence-electron chi connectivity index (χ3n) is 3.07. The third kappa shape index (κ3) is 4.80. The largest absolute Gasteiger partial charge is 0.480 e. The molecule has 23 heavy (non-hydrogen) atoms. The van der Waals surface area contributed by atoms with Gasteiger partial charge in [0.25, 0.3) is 5.91 Å². The lowest BCUT2D eigenvalue weighted by atomic mass is 10.1. The second-order valence-corrected chi connectivity index (χ2v) is 6.49. The first-order valence-electron chi connectivity index (χ1n) is 6.60. The molecular weight excluding hydrogens is 322 g/mol. The highest BCUT2D eigenvalue weighted by atomic mass is 32.2. The number of primary sulfonamides is 1. The number of nitrogens with two attached hydrogens (primary N) is 1. The average Bonchev–Trinajstić information content (AvgIpc) is 2.45. The van der Waals surface area contributed by atoms with E-state index in [1.165, 1.54) is 19.1 Å². The van der Waals surface area contributed by atoms with Crippen LogP contribution in [0.4, 0.5) is 5.69 Å². The van der Waals surface area contributed by atoms with Gasteiger partial charge >= 0.3 is 5.97 Å². The standard InChI is InChI=1S/C14H19N3O5S/c1-4-7-17(3)12-6-5-10(23(15,21)22)8-11(12)13(18)16-9(2)14(19)20/h4-6,8-9H,1,7H2,2-3H3,(H,16,18)(H,19,20)(H2,15,21,22)/t9-/m1/s1. The molecule has 0 saturated heterocycles. The number of benzene rings is 1. The van der Waals surface area contributed by atoms with E-state index in [2.05, 4.69) is 11.9 Å². The summed E-state index contributed by atoms with van der Waals surface area (Å²) in [7, 11) is -2.31. The SMILES string of the molecule is C=CCN(C)c1ccc(S(N)(=O)=O)cc1C(=O)N[C@H](C)C(=O)O. The zero-order chi connectivity index (χ0) is 17.8. The van der Waals surface area contributed by atoms with Gasteiger partial charge in [0.2, 0.25) is 10.0 Å². The number of carboxylic acid groups (broad SMARTS) is 1. The van der Waals surface area contributed by atoms with Crippen LogP contribution < -0.4 is 15.4 Å². The van der Waals surface area contributed by atoms with Crippen molar-refractivity contribution in [1.82, 2.24) is 5.32 Å². The molecule has 1 amide bonds. The van der Waals surface area contributed by atoms with Crippen LogP contribution in [0.5, 0.6) is 0 Å². The summed E-state index contributed by atoms with van der Waals surface area (Å²) in [6.45, 7) is 5.30.